The fourth-order valence-electron chi connectivity index (χ4n) is 4.08. The summed E-state index contributed by atoms with van der Waals surface area (Å²) in [5, 5.41) is 19.3. The first-order chi connectivity index (χ1) is 14.6. The third kappa shape index (κ3) is 9.76. The Morgan fingerprint density at radius 3 is 2.39 bits per heavy atom. The number of hydrogen-bond acceptors (Lipinski definition) is 3. The van der Waals surface area contributed by atoms with Crippen LogP contribution in [0.3, 0.4) is 0 Å². The average molecular weight is 545 g/mol. The highest BCUT2D eigenvalue weighted by atomic mass is 127. The van der Waals surface area contributed by atoms with Crippen LogP contribution in [-0.4, -0.2) is 43.2 Å². The van der Waals surface area contributed by atoms with Crippen molar-refractivity contribution < 1.29 is 9.90 Å². The number of unbranched alkanes of at least 4 members (excludes halogenated alkanes) is 1. The Kier molecular flexibility index (Phi) is 13.8. The number of carbonyl (C=O) groups excluding carboxylic acids is 1. The summed E-state index contributed by atoms with van der Waals surface area (Å²) in [5.74, 6) is 0.789. The molecule has 6 nitrogen and oxygen atoms in total. The van der Waals surface area contributed by atoms with Crippen molar-refractivity contribution in [3.63, 3.8) is 0 Å². The van der Waals surface area contributed by atoms with Gasteiger partial charge in [0.2, 0.25) is 0 Å². The van der Waals surface area contributed by atoms with Crippen molar-refractivity contribution in [2.45, 2.75) is 71.8 Å². The van der Waals surface area contributed by atoms with Crippen molar-refractivity contribution in [2.24, 2.45) is 10.4 Å². The van der Waals surface area contributed by atoms with Crippen LogP contribution < -0.4 is 16.0 Å². The minimum absolute atomic E-state index is 0. The molecule has 1 fully saturated rings. The SMILES string of the molecule is CCCCNC(=O)c1ccc(CN=C(NCC)NCC2(CCO)CCCCC2)cc1.I. The molecule has 0 radical (unpaired) electrons. The first-order valence-corrected chi connectivity index (χ1v) is 11.6. The van der Waals surface area contributed by atoms with Crippen molar-refractivity contribution in [2.75, 3.05) is 26.2 Å². The molecule has 2 rings (SSSR count). The Hall–Kier alpha value is -1.35. The van der Waals surface area contributed by atoms with Gasteiger partial charge in [-0.1, -0.05) is 44.7 Å². The van der Waals surface area contributed by atoms with Crippen molar-refractivity contribution in [3.05, 3.63) is 35.4 Å². The number of guanidine groups is 1. The molecule has 0 bridgehead atoms. The van der Waals surface area contributed by atoms with Gasteiger partial charge in [-0.05, 0) is 55.7 Å². The predicted molar refractivity (Wildman–Crippen MR) is 139 cm³/mol. The number of aliphatic imine (C=N–C) groups is 1. The molecule has 0 aliphatic heterocycles. The molecule has 31 heavy (non-hydrogen) atoms. The molecule has 1 aliphatic rings. The van der Waals surface area contributed by atoms with Crippen molar-refractivity contribution in [1.82, 2.24) is 16.0 Å². The van der Waals surface area contributed by atoms with E-state index in [9.17, 15) is 9.90 Å². The lowest BCUT2D eigenvalue weighted by Crippen LogP contribution is -2.44. The summed E-state index contributed by atoms with van der Waals surface area (Å²) in [5.41, 5.74) is 1.93. The van der Waals surface area contributed by atoms with E-state index in [1.54, 1.807) is 0 Å². The number of hydrogen-bond donors (Lipinski definition) is 4. The van der Waals surface area contributed by atoms with E-state index in [0.29, 0.717) is 12.1 Å². The summed E-state index contributed by atoms with van der Waals surface area (Å²) in [6.45, 7) is 7.34. The van der Waals surface area contributed by atoms with Crippen LogP contribution in [0.1, 0.15) is 81.1 Å². The molecule has 1 aromatic carbocycles. The van der Waals surface area contributed by atoms with E-state index in [0.717, 1.165) is 50.4 Å². The van der Waals surface area contributed by atoms with Crippen LogP contribution in [0, 0.1) is 5.41 Å². The molecule has 1 saturated carbocycles. The molecule has 1 aromatic rings. The third-order valence-electron chi connectivity index (χ3n) is 5.98. The fourth-order valence-corrected chi connectivity index (χ4v) is 4.08. The van der Waals surface area contributed by atoms with E-state index in [2.05, 4.69) is 29.8 Å². The Morgan fingerprint density at radius 1 is 1.06 bits per heavy atom. The first kappa shape index (κ1) is 27.7. The maximum absolute atomic E-state index is 12.1. The van der Waals surface area contributed by atoms with E-state index in [4.69, 9.17) is 4.99 Å². The zero-order valence-corrected chi connectivity index (χ0v) is 21.5. The van der Waals surface area contributed by atoms with Crippen molar-refractivity contribution in [1.29, 1.82) is 0 Å². The molecule has 176 valence electrons. The molecule has 4 N–H and O–H groups in total. The van der Waals surface area contributed by atoms with Crippen LogP contribution in [-0.2, 0) is 6.54 Å². The number of carbonyl (C=O) groups is 1. The van der Waals surface area contributed by atoms with E-state index in [1.165, 1.54) is 32.1 Å². The van der Waals surface area contributed by atoms with Gasteiger partial charge in [-0.25, -0.2) is 4.99 Å². The highest BCUT2D eigenvalue weighted by molar-refractivity contribution is 14.0. The van der Waals surface area contributed by atoms with Crippen molar-refractivity contribution >= 4 is 35.8 Å². The fraction of sp³-hybridized carbons (Fsp3) is 0.667. The van der Waals surface area contributed by atoms with Crippen LogP contribution in [0.25, 0.3) is 0 Å². The second-order valence-electron chi connectivity index (χ2n) is 8.39. The summed E-state index contributed by atoms with van der Waals surface area (Å²) in [7, 11) is 0. The number of benzene rings is 1. The minimum atomic E-state index is -0.0184. The molecule has 1 aliphatic carbocycles. The largest absolute Gasteiger partial charge is 0.396 e. The molecule has 0 atom stereocenters. The lowest BCUT2D eigenvalue weighted by molar-refractivity contribution is 0.0953. The zero-order valence-electron chi connectivity index (χ0n) is 19.2. The second-order valence-corrected chi connectivity index (χ2v) is 8.39. The van der Waals surface area contributed by atoms with Gasteiger partial charge < -0.3 is 21.1 Å². The standard InChI is InChI=1S/C24H40N4O2.HI/c1-3-5-16-26-22(30)21-11-9-20(10-12-21)18-27-23(25-4-2)28-19-24(15-17-29)13-7-6-8-14-24;/h9-12,29H,3-8,13-19H2,1-2H3,(H,26,30)(H2,25,27,28);1H. The molecular weight excluding hydrogens is 503 g/mol. The number of amides is 1. The molecule has 7 heteroatoms. The van der Waals surface area contributed by atoms with E-state index in [1.807, 2.05) is 24.3 Å². The smallest absolute Gasteiger partial charge is 0.251 e. The molecule has 0 spiro atoms. The van der Waals surface area contributed by atoms with Crippen molar-refractivity contribution in [3.8, 4) is 0 Å². The van der Waals surface area contributed by atoms with Gasteiger partial charge in [-0.15, -0.1) is 24.0 Å². The molecule has 0 unspecified atom stereocenters. The van der Waals surface area contributed by atoms with Gasteiger partial charge in [0.05, 0.1) is 6.54 Å². The molecule has 0 heterocycles. The molecule has 0 aromatic heterocycles. The lowest BCUT2D eigenvalue weighted by atomic mass is 9.72. The van der Waals surface area contributed by atoms with Crippen LogP contribution in [0.15, 0.2) is 29.3 Å². The zero-order chi connectivity index (χ0) is 21.7. The van der Waals surface area contributed by atoms with Gasteiger partial charge in [0.1, 0.15) is 0 Å². The van der Waals surface area contributed by atoms with Gasteiger partial charge in [-0.3, -0.25) is 4.79 Å². The average Bonchev–Trinajstić information content (AvgIpc) is 2.77. The van der Waals surface area contributed by atoms with Gasteiger partial charge in [0, 0.05) is 31.8 Å². The summed E-state index contributed by atoms with van der Waals surface area (Å²) < 4.78 is 0. The number of aliphatic hydroxyl groups is 1. The first-order valence-electron chi connectivity index (χ1n) is 11.6. The van der Waals surface area contributed by atoms with Gasteiger partial charge in [0.25, 0.3) is 5.91 Å². The quantitative estimate of drug-likeness (QED) is 0.146. The number of nitrogens with one attached hydrogen (secondary N) is 3. The third-order valence-corrected chi connectivity index (χ3v) is 5.98. The maximum atomic E-state index is 12.1. The lowest BCUT2D eigenvalue weighted by Gasteiger charge is -2.37. The molecule has 1 amide bonds. The van der Waals surface area contributed by atoms with E-state index in [-0.39, 0.29) is 41.9 Å². The van der Waals surface area contributed by atoms with Gasteiger partial charge >= 0.3 is 0 Å². The number of aliphatic hydroxyl groups excluding tert-OH is 1. The number of nitrogens with zero attached hydrogens (tertiary/aromatic N) is 1. The summed E-state index contributed by atoms with van der Waals surface area (Å²) in [6.07, 6.45) is 9.04. The Morgan fingerprint density at radius 2 is 1.77 bits per heavy atom. The topological polar surface area (TPSA) is 85.8 Å². The highest BCUT2D eigenvalue weighted by Gasteiger charge is 2.31. The van der Waals surface area contributed by atoms with Gasteiger partial charge in [0.15, 0.2) is 5.96 Å². The monoisotopic (exact) mass is 544 g/mol. The van der Waals surface area contributed by atoms with Crippen LogP contribution >= 0.6 is 24.0 Å². The highest BCUT2D eigenvalue weighted by Crippen LogP contribution is 2.38. The Bertz CT molecular complexity index is 653. The number of rotatable bonds is 11. The maximum Gasteiger partial charge on any atom is 0.251 e. The van der Waals surface area contributed by atoms with E-state index >= 15 is 0 Å². The molecule has 0 saturated heterocycles. The normalized spacial score (nSPS) is 15.6. The summed E-state index contributed by atoms with van der Waals surface area (Å²) >= 11 is 0. The van der Waals surface area contributed by atoms with Gasteiger partial charge in [-0.2, -0.15) is 0 Å². The molecular formula is C24H41IN4O2. The summed E-state index contributed by atoms with van der Waals surface area (Å²) in [4.78, 5) is 16.9. The number of halogens is 1. The second kappa shape index (κ2) is 15.5. The van der Waals surface area contributed by atoms with Crippen LogP contribution in [0.4, 0.5) is 0 Å². The van der Waals surface area contributed by atoms with Crippen LogP contribution in [0.5, 0.6) is 0 Å². The Labute approximate surface area is 205 Å². The summed E-state index contributed by atoms with van der Waals surface area (Å²) in [6, 6.07) is 7.67. The minimum Gasteiger partial charge on any atom is -0.396 e. The van der Waals surface area contributed by atoms with E-state index < -0.39 is 0 Å². The predicted octanol–water partition coefficient (Wildman–Crippen LogP) is 4.22. The van der Waals surface area contributed by atoms with Crippen LogP contribution in [0.2, 0.25) is 0 Å². The Balaban J connectivity index is 0.00000480.